The molecule has 0 fully saturated rings. The minimum Gasteiger partial charge on any atom is -0.460 e. The molecule has 3 heterocycles. The molecule has 4 aromatic rings. The third kappa shape index (κ3) is 2.92. The van der Waals surface area contributed by atoms with Crippen LogP contribution < -0.4 is 10.9 Å². The number of nitrogens with zero attached hydrogens (tertiary/aromatic N) is 2. The van der Waals surface area contributed by atoms with Crippen molar-refractivity contribution >= 4 is 55.7 Å². The van der Waals surface area contributed by atoms with Crippen LogP contribution in [0.4, 0.5) is 5.69 Å². The fourth-order valence-corrected chi connectivity index (χ4v) is 3.66. The van der Waals surface area contributed by atoms with E-state index in [-0.39, 0.29) is 18.0 Å². The summed E-state index contributed by atoms with van der Waals surface area (Å²) >= 11 is 7.58. The Balaban J connectivity index is 1.59. The highest BCUT2D eigenvalue weighted by Crippen LogP contribution is 2.30. The maximum atomic E-state index is 12.3. The first-order valence-corrected chi connectivity index (χ1v) is 8.69. The van der Waals surface area contributed by atoms with Crippen molar-refractivity contribution in [1.82, 2.24) is 9.55 Å². The van der Waals surface area contributed by atoms with Crippen molar-refractivity contribution in [1.29, 1.82) is 0 Å². The molecule has 0 aliphatic carbocycles. The first kappa shape index (κ1) is 15.9. The van der Waals surface area contributed by atoms with Gasteiger partial charge in [-0.1, -0.05) is 11.6 Å². The van der Waals surface area contributed by atoms with Gasteiger partial charge in [-0.05, 0) is 36.6 Å². The fourth-order valence-electron chi connectivity index (χ4n) is 2.67. The summed E-state index contributed by atoms with van der Waals surface area (Å²) in [7, 11) is 0. The molecule has 0 bridgehead atoms. The molecule has 0 spiro atoms. The van der Waals surface area contributed by atoms with E-state index in [0.717, 1.165) is 11.1 Å². The number of hydrogen-bond acceptors (Lipinski definition) is 5. The quantitative estimate of drug-likeness (QED) is 0.592. The number of benzene rings is 1. The van der Waals surface area contributed by atoms with Crippen LogP contribution in [0.25, 0.3) is 21.2 Å². The summed E-state index contributed by atoms with van der Waals surface area (Å²) in [5, 5.41) is 6.28. The summed E-state index contributed by atoms with van der Waals surface area (Å²) in [5.41, 5.74) is 0.891. The van der Waals surface area contributed by atoms with Gasteiger partial charge in [0.1, 0.15) is 17.1 Å². The number of aromatic nitrogens is 2. The molecule has 0 atom stereocenters. The van der Waals surface area contributed by atoms with E-state index in [4.69, 9.17) is 16.0 Å². The van der Waals surface area contributed by atoms with Crippen molar-refractivity contribution in [2.45, 2.75) is 13.5 Å². The van der Waals surface area contributed by atoms with E-state index >= 15 is 0 Å². The first-order valence-electron chi connectivity index (χ1n) is 7.43. The summed E-state index contributed by atoms with van der Waals surface area (Å²) in [6.45, 7) is 1.70. The van der Waals surface area contributed by atoms with Crippen molar-refractivity contribution < 1.29 is 9.21 Å². The van der Waals surface area contributed by atoms with Gasteiger partial charge >= 0.3 is 0 Å². The lowest BCUT2D eigenvalue weighted by molar-refractivity contribution is -0.116. The second-order valence-corrected chi connectivity index (χ2v) is 6.90. The molecule has 6 nitrogen and oxygen atoms in total. The van der Waals surface area contributed by atoms with Crippen LogP contribution in [-0.4, -0.2) is 15.5 Å². The topological polar surface area (TPSA) is 77.1 Å². The molecule has 0 saturated carbocycles. The first-order chi connectivity index (χ1) is 12.0. The molecule has 8 heteroatoms. The predicted octanol–water partition coefficient (Wildman–Crippen LogP) is 3.80. The van der Waals surface area contributed by atoms with Gasteiger partial charge in [0.25, 0.3) is 5.56 Å². The van der Waals surface area contributed by atoms with Crippen LogP contribution in [0.2, 0.25) is 5.02 Å². The van der Waals surface area contributed by atoms with Crippen molar-refractivity contribution in [3.63, 3.8) is 0 Å². The SMILES string of the molecule is Cc1cc2cc(NC(=O)Cn3cnc4sccc4c3=O)cc(Cl)c2o1. The lowest BCUT2D eigenvalue weighted by atomic mass is 10.2. The lowest BCUT2D eigenvalue weighted by Crippen LogP contribution is -2.27. The van der Waals surface area contributed by atoms with Crippen molar-refractivity contribution in [2.24, 2.45) is 0 Å². The zero-order valence-electron chi connectivity index (χ0n) is 13.1. The van der Waals surface area contributed by atoms with E-state index < -0.39 is 0 Å². The molecule has 3 aromatic heterocycles. The smallest absolute Gasteiger partial charge is 0.262 e. The number of fused-ring (bicyclic) bond motifs is 2. The Hall–Kier alpha value is -2.64. The molecule has 1 N–H and O–H groups in total. The number of thiophene rings is 1. The van der Waals surface area contributed by atoms with Gasteiger partial charge < -0.3 is 9.73 Å². The number of amides is 1. The van der Waals surface area contributed by atoms with Crippen molar-refractivity contribution in [3.05, 3.63) is 57.1 Å². The summed E-state index contributed by atoms with van der Waals surface area (Å²) in [6.07, 6.45) is 1.39. The van der Waals surface area contributed by atoms with E-state index in [9.17, 15) is 9.59 Å². The standard InChI is InChI=1S/C17H12ClN3O3S/c1-9-4-10-5-11(6-13(18)15(10)24-9)20-14(22)7-21-8-19-16-12(17(21)23)2-3-25-16/h2-6,8H,7H2,1H3,(H,20,22). The van der Waals surface area contributed by atoms with Crippen LogP contribution in [0.15, 0.2) is 45.2 Å². The summed E-state index contributed by atoms with van der Waals surface area (Å²) < 4.78 is 6.79. The molecule has 1 amide bonds. The maximum absolute atomic E-state index is 12.3. The summed E-state index contributed by atoms with van der Waals surface area (Å²) in [4.78, 5) is 29.5. The number of nitrogens with one attached hydrogen (secondary N) is 1. The van der Waals surface area contributed by atoms with Gasteiger partial charge in [-0.3, -0.25) is 14.2 Å². The normalized spacial score (nSPS) is 11.3. The minimum atomic E-state index is -0.339. The Morgan fingerprint density at radius 2 is 2.24 bits per heavy atom. The number of aryl methyl sites for hydroxylation is 1. The number of carbonyl (C=O) groups excluding carboxylic acids is 1. The van der Waals surface area contributed by atoms with E-state index in [1.54, 1.807) is 23.6 Å². The second kappa shape index (κ2) is 6.02. The Kier molecular flexibility index (Phi) is 3.82. The van der Waals surface area contributed by atoms with E-state index in [1.165, 1.54) is 22.2 Å². The summed E-state index contributed by atoms with van der Waals surface area (Å²) in [5.74, 6) is 0.399. The van der Waals surface area contributed by atoms with Crippen LogP contribution in [0.3, 0.4) is 0 Å². The molecule has 0 saturated heterocycles. The molecule has 0 aliphatic heterocycles. The Morgan fingerprint density at radius 1 is 1.40 bits per heavy atom. The van der Waals surface area contributed by atoms with Gasteiger partial charge in [0.05, 0.1) is 16.7 Å². The second-order valence-electron chi connectivity index (χ2n) is 5.60. The highest BCUT2D eigenvalue weighted by molar-refractivity contribution is 7.16. The average Bonchev–Trinajstić information content (AvgIpc) is 3.16. The third-order valence-corrected chi connectivity index (χ3v) is 4.84. The van der Waals surface area contributed by atoms with Gasteiger partial charge in [-0.2, -0.15) is 0 Å². The van der Waals surface area contributed by atoms with Gasteiger partial charge in [0.15, 0.2) is 5.58 Å². The van der Waals surface area contributed by atoms with Gasteiger partial charge in [0.2, 0.25) is 5.91 Å². The largest absolute Gasteiger partial charge is 0.460 e. The van der Waals surface area contributed by atoms with Gasteiger partial charge in [0, 0.05) is 11.1 Å². The van der Waals surface area contributed by atoms with Crippen LogP contribution in [0.1, 0.15) is 5.76 Å². The molecule has 0 unspecified atom stereocenters. The zero-order chi connectivity index (χ0) is 17.6. The number of hydrogen-bond donors (Lipinski definition) is 1. The molecule has 25 heavy (non-hydrogen) atoms. The highest BCUT2D eigenvalue weighted by Gasteiger charge is 2.12. The van der Waals surface area contributed by atoms with Crippen LogP contribution in [-0.2, 0) is 11.3 Å². The monoisotopic (exact) mass is 373 g/mol. The van der Waals surface area contributed by atoms with Gasteiger partial charge in [-0.25, -0.2) is 4.98 Å². The Bertz CT molecular complexity index is 1180. The highest BCUT2D eigenvalue weighted by atomic mass is 35.5. The summed E-state index contributed by atoms with van der Waals surface area (Å²) in [6, 6.07) is 6.95. The number of furan rings is 1. The number of anilines is 1. The van der Waals surface area contributed by atoms with Crippen LogP contribution >= 0.6 is 22.9 Å². The molecular formula is C17H12ClN3O3S. The fraction of sp³-hybridized carbons (Fsp3) is 0.118. The Morgan fingerprint density at radius 3 is 3.08 bits per heavy atom. The third-order valence-electron chi connectivity index (χ3n) is 3.74. The Labute approximate surface area is 150 Å². The minimum absolute atomic E-state index is 0.127. The maximum Gasteiger partial charge on any atom is 0.262 e. The lowest BCUT2D eigenvalue weighted by Gasteiger charge is -2.08. The van der Waals surface area contributed by atoms with E-state index in [0.29, 0.717) is 26.5 Å². The van der Waals surface area contributed by atoms with Crippen molar-refractivity contribution in [3.8, 4) is 0 Å². The molecule has 126 valence electrons. The average molecular weight is 374 g/mol. The van der Waals surface area contributed by atoms with E-state index in [2.05, 4.69) is 10.3 Å². The zero-order valence-corrected chi connectivity index (χ0v) is 14.6. The molecule has 0 aliphatic rings. The molecule has 4 rings (SSSR count). The van der Waals surface area contributed by atoms with Crippen LogP contribution in [0, 0.1) is 6.92 Å². The molecule has 1 aromatic carbocycles. The molecular weight excluding hydrogens is 362 g/mol. The van der Waals surface area contributed by atoms with Crippen molar-refractivity contribution in [2.75, 3.05) is 5.32 Å². The van der Waals surface area contributed by atoms with E-state index in [1.807, 2.05) is 13.0 Å². The number of carbonyl (C=O) groups is 1. The number of halogens is 1. The number of rotatable bonds is 3. The van der Waals surface area contributed by atoms with Crippen LogP contribution in [0.5, 0.6) is 0 Å². The van der Waals surface area contributed by atoms with Gasteiger partial charge in [-0.15, -0.1) is 11.3 Å². The predicted molar refractivity (Wildman–Crippen MR) is 98.5 cm³/mol. The molecule has 0 radical (unpaired) electrons.